The molecule has 0 aromatic carbocycles. The Morgan fingerprint density at radius 2 is 1.90 bits per heavy atom. The van der Waals surface area contributed by atoms with Crippen LogP contribution in [0.2, 0.25) is 0 Å². The molecule has 0 aromatic rings. The number of hydrogen-bond donors (Lipinski definition) is 1. The minimum atomic E-state index is -1.83. The Morgan fingerprint density at radius 1 is 1.20 bits per heavy atom. The van der Waals surface area contributed by atoms with E-state index in [0.717, 1.165) is 5.57 Å². The molecule has 1 heterocycles. The molecule has 6 heteroatoms. The van der Waals surface area contributed by atoms with Crippen LogP contribution >= 0.6 is 0 Å². The lowest BCUT2D eigenvalue weighted by molar-refractivity contribution is -0.250. The third-order valence-corrected chi connectivity index (χ3v) is 9.56. The highest BCUT2D eigenvalue weighted by Gasteiger charge is 2.79. The summed E-state index contributed by atoms with van der Waals surface area (Å²) in [6.07, 6.45) is 2.61. The minimum Gasteiger partial charge on any atom is -0.390 e. The van der Waals surface area contributed by atoms with Gasteiger partial charge in [-0.15, -0.1) is 0 Å². The zero-order chi connectivity index (χ0) is 21.9. The van der Waals surface area contributed by atoms with Gasteiger partial charge in [0, 0.05) is 23.2 Å². The number of Topliss-reactive ketones (excluding diaryl/α,β-unsaturated/α-hetero) is 1. The quantitative estimate of drug-likeness (QED) is 0.701. The van der Waals surface area contributed by atoms with Crippen molar-refractivity contribution in [2.75, 3.05) is 0 Å². The van der Waals surface area contributed by atoms with Crippen molar-refractivity contribution >= 4 is 11.6 Å². The molecule has 5 rings (SSSR count). The molecule has 1 N–H and O–H groups in total. The van der Waals surface area contributed by atoms with Crippen molar-refractivity contribution in [3.05, 3.63) is 11.6 Å². The van der Waals surface area contributed by atoms with E-state index in [1.54, 1.807) is 6.08 Å². The zero-order valence-electron chi connectivity index (χ0n) is 18.6. The highest BCUT2D eigenvalue weighted by atomic mass is 19.1. The van der Waals surface area contributed by atoms with Gasteiger partial charge in [-0.3, -0.25) is 9.59 Å². The number of alkyl halides is 1. The van der Waals surface area contributed by atoms with E-state index in [9.17, 15) is 14.7 Å². The van der Waals surface area contributed by atoms with Gasteiger partial charge in [-0.25, -0.2) is 4.39 Å². The Labute approximate surface area is 177 Å². The van der Waals surface area contributed by atoms with Crippen LogP contribution in [0.1, 0.15) is 73.1 Å². The van der Waals surface area contributed by atoms with Crippen molar-refractivity contribution in [3.63, 3.8) is 0 Å². The first-order chi connectivity index (χ1) is 13.8. The average molecular weight is 421 g/mol. The van der Waals surface area contributed by atoms with E-state index in [0.29, 0.717) is 32.1 Å². The van der Waals surface area contributed by atoms with E-state index in [1.807, 2.05) is 27.7 Å². The number of rotatable bonds is 1. The number of carbonyl (C=O) groups excluding carboxylic acids is 2. The predicted octanol–water partition coefficient (Wildman–Crippen LogP) is 3.67. The van der Waals surface area contributed by atoms with Crippen LogP contribution < -0.4 is 0 Å². The van der Waals surface area contributed by atoms with Crippen LogP contribution in [0.15, 0.2) is 11.6 Å². The first kappa shape index (κ1) is 20.8. The molecule has 166 valence electrons. The second-order valence-electron chi connectivity index (χ2n) is 11.3. The van der Waals surface area contributed by atoms with Gasteiger partial charge in [0.15, 0.2) is 23.0 Å². The topological polar surface area (TPSA) is 72.8 Å². The molecule has 0 amide bonds. The van der Waals surface area contributed by atoms with Crippen LogP contribution in [0, 0.1) is 22.7 Å². The summed E-state index contributed by atoms with van der Waals surface area (Å²) in [5, 5.41) is 11.4. The van der Waals surface area contributed by atoms with Gasteiger partial charge in [-0.05, 0) is 64.9 Å². The number of halogens is 1. The number of aliphatic hydroxyl groups is 1. The van der Waals surface area contributed by atoms with E-state index >= 15 is 4.39 Å². The maximum atomic E-state index is 17.2. The van der Waals surface area contributed by atoms with Crippen LogP contribution in [0.4, 0.5) is 4.39 Å². The van der Waals surface area contributed by atoms with Crippen LogP contribution in [0.5, 0.6) is 0 Å². The monoisotopic (exact) mass is 420 g/mol. The summed E-state index contributed by atoms with van der Waals surface area (Å²) < 4.78 is 29.7. The second-order valence-corrected chi connectivity index (χ2v) is 11.3. The summed E-state index contributed by atoms with van der Waals surface area (Å²) in [5.74, 6) is -1.48. The second kappa shape index (κ2) is 5.81. The number of fused-ring (bicyclic) bond motifs is 7. The first-order valence-electron chi connectivity index (χ1n) is 11.3. The van der Waals surface area contributed by atoms with E-state index in [4.69, 9.17) is 9.47 Å². The van der Waals surface area contributed by atoms with Crippen LogP contribution in [0.25, 0.3) is 0 Å². The van der Waals surface area contributed by atoms with Crippen LogP contribution in [-0.4, -0.2) is 45.9 Å². The Kier molecular flexibility index (Phi) is 4.03. The smallest absolute Gasteiger partial charge is 0.164 e. The number of aliphatic hydroxyl groups excluding tert-OH is 1. The van der Waals surface area contributed by atoms with Gasteiger partial charge in [0.1, 0.15) is 5.67 Å². The fourth-order valence-corrected chi connectivity index (χ4v) is 8.31. The molecule has 5 aliphatic rings. The minimum absolute atomic E-state index is 0.0506. The van der Waals surface area contributed by atoms with Gasteiger partial charge >= 0.3 is 0 Å². The average Bonchev–Trinajstić information content (AvgIpc) is 3.04. The van der Waals surface area contributed by atoms with Gasteiger partial charge in [0.25, 0.3) is 0 Å². The SMILES string of the molecule is CC(=O)[C@@]12OC(C)(C)O[C@@H]1CC1C3CCC4=CC(=O)CC[C@]4(C)[C@@]3(F)[C@@H](O)C[C@@]12C. The van der Waals surface area contributed by atoms with Crippen molar-refractivity contribution in [3.8, 4) is 0 Å². The lowest BCUT2D eigenvalue weighted by Crippen LogP contribution is -2.70. The van der Waals surface area contributed by atoms with Gasteiger partial charge < -0.3 is 14.6 Å². The van der Waals surface area contributed by atoms with Crippen molar-refractivity contribution in [1.29, 1.82) is 0 Å². The Hall–Kier alpha value is -1.11. The van der Waals surface area contributed by atoms with Gasteiger partial charge in [-0.1, -0.05) is 19.4 Å². The van der Waals surface area contributed by atoms with Gasteiger partial charge in [-0.2, -0.15) is 0 Å². The lowest BCUT2D eigenvalue weighted by Gasteiger charge is -2.63. The molecule has 3 saturated carbocycles. The molecule has 1 saturated heterocycles. The standard InChI is InChI=1S/C24H33FO5/c1-13(26)24-19(29-20(2,3)30-24)11-17-16-7-6-14-10-15(27)8-9-21(14,4)23(16,25)18(28)12-22(17,24)5/h10,16-19,28H,6-9,11-12H2,1-5H3/t16?,17?,18-,19+,21-,22-,23-,24+/m0/s1. The molecule has 30 heavy (non-hydrogen) atoms. The summed E-state index contributed by atoms with van der Waals surface area (Å²) >= 11 is 0. The highest BCUT2D eigenvalue weighted by Crippen LogP contribution is 2.72. The highest BCUT2D eigenvalue weighted by molar-refractivity contribution is 5.92. The first-order valence-corrected chi connectivity index (χ1v) is 11.3. The van der Waals surface area contributed by atoms with Crippen molar-refractivity contribution in [1.82, 2.24) is 0 Å². The fraction of sp³-hybridized carbons (Fsp3) is 0.833. The fourth-order valence-electron chi connectivity index (χ4n) is 8.31. The van der Waals surface area contributed by atoms with E-state index in [1.165, 1.54) is 6.92 Å². The van der Waals surface area contributed by atoms with Crippen LogP contribution in [-0.2, 0) is 19.1 Å². The van der Waals surface area contributed by atoms with Crippen LogP contribution in [0.3, 0.4) is 0 Å². The number of ketones is 2. The van der Waals surface area contributed by atoms with Crippen molar-refractivity contribution < 1.29 is 28.6 Å². The lowest BCUT2D eigenvalue weighted by atomic mass is 9.44. The van der Waals surface area contributed by atoms with Crippen molar-refractivity contribution in [2.45, 2.75) is 102 Å². The normalized spacial score (nSPS) is 54.0. The van der Waals surface area contributed by atoms with Crippen molar-refractivity contribution in [2.24, 2.45) is 22.7 Å². The molecular formula is C24H33FO5. The molecule has 5 nitrogen and oxygen atoms in total. The number of hydrogen-bond acceptors (Lipinski definition) is 5. The van der Waals surface area contributed by atoms with E-state index in [-0.39, 0.29) is 23.9 Å². The molecule has 0 aromatic heterocycles. The molecular weight excluding hydrogens is 387 g/mol. The Morgan fingerprint density at radius 3 is 2.57 bits per heavy atom. The molecule has 8 atom stereocenters. The zero-order valence-corrected chi connectivity index (χ0v) is 18.6. The number of ether oxygens (including phenoxy) is 2. The molecule has 0 radical (unpaired) electrons. The number of allylic oxidation sites excluding steroid dienone is 1. The summed E-state index contributed by atoms with van der Waals surface area (Å²) in [6.45, 7) is 9.03. The molecule has 1 aliphatic heterocycles. The summed E-state index contributed by atoms with van der Waals surface area (Å²) in [4.78, 5) is 25.1. The van der Waals surface area contributed by atoms with E-state index < -0.39 is 46.0 Å². The predicted molar refractivity (Wildman–Crippen MR) is 107 cm³/mol. The maximum Gasteiger partial charge on any atom is 0.164 e. The van der Waals surface area contributed by atoms with Gasteiger partial charge in [0.2, 0.25) is 0 Å². The van der Waals surface area contributed by atoms with E-state index in [2.05, 4.69) is 0 Å². The molecule has 0 bridgehead atoms. The Balaban J connectivity index is 1.63. The molecule has 0 spiro atoms. The summed E-state index contributed by atoms with van der Waals surface area (Å²) in [5.41, 5.74) is -3.71. The summed E-state index contributed by atoms with van der Waals surface area (Å²) in [7, 11) is 0. The molecule has 4 aliphatic carbocycles. The van der Waals surface area contributed by atoms with Gasteiger partial charge in [0.05, 0.1) is 12.2 Å². The third-order valence-electron chi connectivity index (χ3n) is 9.56. The number of carbonyl (C=O) groups is 2. The third kappa shape index (κ3) is 2.13. The molecule has 2 unspecified atom stereocenters. The Bertz CT molecular complexity index is 866. The molecule has 4 fully saturated rings. The summed E-state index contributed by atoms with van der Waals surface area (Å²) in [6, 6.07) is 0. The largest absolute Gasteiger partial charge is 0.390 e. The maximum absolute atomic E-state index is 17.2.